The summed E-state index contributed by atoms with van der Waals surface area (Å²) in [5.74, 6) is 1.74. The summed E-state index contributed by atoms with van der Waals surface area (Å²) in [5, 5.41) is 0.382. The molecule has 24 heavy (non-hydrogen) atoms. The highest BCUT2D eigenvalue weighted by Crippen LogP contribution is 2.40. The number of ether oxygens (including phenoxy) is 1. The summed E-state index contributed by atoms with van der Waals surface area (Å²) in [5.41, 5.74) is 6.49. The zero-order valence-corrected chi connectivity index (χ0v) is 14.6. The number of thioether (sulfide) groups is 1. The molecular weight excluding hydrogens is 314 g/mol. The van der Waals surface area contributed by atoms with Crippen molar-refractivity contribution in [2.75, 3.05) is 0 Å². The smallest absolute Gasteiger partial charge is 0.141 e. The second-order valence-electron chi connectivity index (χ2n) is 5.61. The molecule has 0 spiro atoms. The van der Waals surface area contributed by atoms with Gasteiger partial charge < -0.3 is 10.5 Å². The summed E-state index contributed by atoms with van der Waals surface area (Å²) in [6.45, 7) is 2.22. The van der Waals surface area contributed by atoms with Crippen LogP contribution in [0.5, 0.6) is 11.5 Å². The molecule has 0 radical (unpaired) electrons. The molecule has 3 heteroatoms. The van der Waals surface area contributed by atoms with Gasteiger partial charge in [0.2, 0.25) is 0 Å². The Bertz CT molecular complexity index is 789. The number of benzene rings is 3. The number of hydrogen-bond donors (Lipinski definition) is 1. The molecular formula is C21H22NOS+. The third-order valence-corrected chi connectivity index (χ3v) is 5.36. The van der Waals surface area contributed by atoms with Gasteiger partial charge in [-0.1, -0.05) is 49.4 Å². The van der Waals surface area contributed by atoms with Gasteiger partial charge in [0, 0.05) is 11.3 Å². The van der Waals surface area contributed by atoms with E-state index in [1.54, 1.807) is 0 Å². The zero-order chi connectivity index (χ0) is 16.8. The van der Waals surface area contributed by atoms with Crippen molar-refractivity contribution in [2.24, 2.45) is 0 Å². The maximum Gasteiger partial charge on any atom is 0.141 e. The highest BCUT2D eigenvalue weighted by Gasteiger charge is 2.14. The van der Waals surface area contributed by atoms with Crippen molar-refractivity contribution < 1.29 is 10.5 Å². The van der Waals surface area contributed by atoms with Gasteiger partial charge in [-0.15, -0.1) is 11.8 Å². The molecule has 0 aliphatic heterocycles. The molecule has 122 valence electrons. The van der Waals surface area contributed by atoms with Crippen LogP contribution in [0.3, 0.4) is 0 Å². The fourth-order valence-electron chi connectivity index (χ4n) is 2.56. The van der Waals surface area contributed by atoms with Crippen molar-refractivity contribution in [2.45, 2.75) is 23.5 Å². The number of para-hydroxylation sites is 1. The normalized spacial score (nSPS) is 11.9. The quantitative estimate of drug-likeness (QED) is 0.595. The largest absolute Gasteiger partial charge is 0.457 e. The van der Waals surface area contributed by atoms with E-state index in [4.69, 9.17) is 4.74 Å². The van der Waals surface area contributed by atoms with E-state index in [1.165, 1.54) is 10.5 Å². The number of rotatable bonds is 6. The summed E-state index contributed by atoms with van der Waals surface area (Å²) >= 11 is 1.87. The summed E-state index contributed by atoms with van der Waals surface area (Å²) < 4.78 is 5.97. The lowest BCUT2D eigenvalue weighted by Crippen LogP contribution is -2.40. The van der Waals surface area contributed by atoms with Gasteiger partial charge in [-0.3, -0.25) is 0 Å². The molecule has 2 nitrogen and oxygen atoms in total. The summed E-state index contributed by atoms with van der Waals surface area (Å²) in [4.78, 5) is 1.23. The number of hydrogen-bond acceptors (Lipinski definition) is 2. The first kappa shape index (κ1) is 16.6. The van der Waals surface area contributed by atoms with E-state index in [9.17, 15) is 0 Å². The van der Waals surface area contributed by atoms with Crippen molar-refractivity contribution >= 4 is 17.4 Å². The molecule has 0 amide bonds. The monoisotopic (exact) mass is 336 g/mol. The van der Waals surface area contributed by atoms with Crippen LogP contribution in [-0.2, 0) is 0 Å². The summed E-state index contributed by atoms with van der Waals surface area (Å²) in [6, 6.07) is 26.6. The van der Waals surface area contributed by atoms with Gasteiger partial charge in [-0.05, 0) is 42.3 Å². The fourth-order valence-corrected chi connectivity index (χ4v) is 3.69. The van der Waals surface area contributed by atoms with Gasteiger partial charge in [0.05, 0.1) is 4.90 Å². The van der Waals surface area contributed by atoms with Crippen LogP contribution in [0.2, 0.25) is 0 Å². The molecule has 1 atom stereocenters. The molecule has 3 aromatic rings. The molecule has 0 aromatic heterocycles. The Morgan fingerprint density at radius 2 is 1.58 bits per heavy atom. The molecule has 3 N–H and O–H groups in total. The molecule has 0 aliphatic rings. The van der Waals surface area contributed by atoms with Gasteiger partial charge >= 0.3 is 0 Å². The van der Waals surface area contributed by atoms with E-state index in [2.05, 4.69) is 49.1 Å². The predicted octanol–water partition coefficient (Wildman–Crippen LogP) is 5.60. The Hall–Kier alpha value is -2.23. The lowest BCUT2D eigenvalue weighted by Gasteiger charge is -2.16. The minimum Gasteiger partial charge on any atom is -0.457 e. The van der Waals surface area contributed by atoms with Gasteiger partial charge in [-0.2, -0.15) is 0 Å². The van der Waals surface area contributed by atoms with Gasteiger partial charge in [-0.25, -0.2) is 0 Å². The minimum absolute atomic E-state index is 0.382. The predicted molar refractivity (Wildman–Crippen MR) is 101 cm³/mol. The number of quaternary nitrogens is 1. The molecule has 0 aliphatic carbocycles. The third kappa shape index (κ3) is 4.19. The summed E-state index contributed by atoms with van der Waals surface area (Å²) in [7, 11) is 0. The maximum absolute atomic E-state index is 5.97. The van der Waals surface area contributed by atoms with Crippen LogP contribution >= 0.6 is 11.8 Å². The van der Waals surface area contributed by atoms with E-state index in [1.807, 2.05) is 54.2 Å². The van der Waals surface area contributed by atoms with Crippen LogP contribution < -0.4 is 10.5 Å². The van der Waals surface area contributed by atoms with Crippen molar-refractivity contribution in [1.82, 2.24) is 0 Å². The topological polar surface area (TPSA) is 36.9 Å². The van der Waals surface area contributed by atoms with Gasteiger partial charge in [0.1, 0.15) is 17.2 Å². The molecule has 1 unspecified atom stereocenters. The molecule has 0 bridgehead atoms. The zero-order valence-electron chi connectivity index (χ0n) is 13.8. The third-order valence-electron chi connectivity index (χ3n) is 3.82. The molecule has 3 aromatic carbocycles. The Balaban J connectivity index is 1.79. The Morgan fingerprint density at radius 1 is 0.875 bits per heavy atom. The van der Waals surface area contributed by atoms with Crippen LogP contribution in [0.25, 0.3) is 0 Å². The van der Waals surface area contributed by atoms with Crippen LogP contribution in [0.15, 0.2) is 83.8 Å². The van der Waals surface area contributed by atoms with Crippen LogP contribution in [0, 0.1) is 0 Å². The molecule has 3 rings (SSSR count). The van der Waals surface area contributed by atoms with Crippen LogP contribution in [0.1, 0.15) is 24.2 Å². The first-order chi connectivity index (χ1) is 11.8. The van der Waals surface area contributed by atoms with Gasteiger partial charge in [0.15, 0.2) is 0 Å². The minimum atomic E-state index is 0.382. The Labute approximate surface area is 147 Å². The Kier molecular flexibility index (Phi) is 5.57. The highest BCUT2D eigenvalue weighted by atomic mass is 32.2. The molecule has 0 heterocycles. The lowest BCUT2D eigenvalue weighted by atomic mass is 10.1. The molecule has 0 saturated heterocycles. The Morgan fingerprint density at radius 3 is 2.33 bits per heavy atom. The van der Waals surface area contributed by atoms with Crippen molar-refractivity contribution in [3.05, 3.63) is 84.4 Å². The van der Waals surface area contributed by atoms with E-state index in [-0.39, 0.29) is 0 Å². The van der Waals surface area contributed by atoms with Crippen LogP contribution in [0.4, 0.5) is 5.69 Å². The van der Waals surface area contributed by atoms with E-state index >= 15 is 0 Å². The standard InChI is InChI=1S/C21H21NOS/c1-2-20(24-21-14-7-6-13-19(21)22)16-9-8-12-18(15-16)23-17-10-4-3-5-11-17/h3-15,20H,2,22H2,1H3/p+1. The van der Waals surface area contributed by atoms with Gasteiger partial charge in [0.25, 0.3) is 0 Å². The SMILES string of the molecule is CCC(Sc1ccccc1[NH3+])c1cccc(Oc2ccccc2)c1. The molecule has 0 saturated carbocycles. The summed E-state index contributed by atoms with van der Waals surface area (Å²) in [6.07, 6.45) is 1.05. The highest BCUT2D eigenvalue weighted by molar-refractivity contribution is 7.99. The van der Waals surface area contributed by atoms with E-state index < -0.39 is 0 Å². The van der Waals surface area contributed by atoms with E-state index in [0.29, 0.717) is 5.25 Å². The lowest BCUT2D eigenvalue weighted by molar-refractivity contribution is -0.258. The first-order valence-electron chi connectivity index (χ1n) is 8.17. The average Bonchev–Trinajstić information content (AvgIpc) is 2.62. The molecule has 0 fully saturated rings. The first-order valence-corrected chi connectivity index (χ1v) is 9.04. The fraction of sp³-hybridized carbons (Fsp3) is 0.143. The second kappa shape index (κ2) is 8.04. The second-order valence-corrected chi connectivity index (χ2v) is 6.85. The van der Waals surface area contributed by atoms with E-state index in [0.717, 1.165) is 23.6 Å². The van der Waals surface area contributed by atoms with Crippen LogP contribution in [-0.4, -0.2) is 0 Å². The van der Waals surface area contributed by atoms with Crippen molar-refractivity contribution in [1.29, 1.82) is 0 Å². The maximum atomic E-state index is 5.97. The van der Waals surface area contributed by atoms with Crippen molar-refractivity contribution in [3.8, 4) is 11.5 Å². The van der Waals surface area contributed by atoms with Crippen molar-refractivity contribution in [3.63, 3.8) is 0 Å². The average molecular weight is 336 g/mol.